The molecule has 2 aliphatic heterocycles. The number of nitrogens with zero attached hydrogens (tertiary/aromatic N) is 4. The lowest BCUT2D eigenvalue weighted by molar-refractivity contribution is 0.0530. The number of aromatic amines is 1. The number of pyridine rings is 1. The Morgan fingerprint density at radius 2 is 1.97 bits per heavy atom. The fraction of sp³-hybridized carbons (Fsp3) is 0.560. The molecule has 5 rings (SSSR count). The van der Waals surface area contributed by atoms with Gasteiger partial charge in [0.1, 0.15) is 0 Å². The molecule has 0 unspecified atom stereocenters. The van der Waals surface area contributed by atoms with E-state index >= 15 is 0 Å². The molecule has 0 bridgehead atoms. The lowest BCUT2D eigenvalue weighted by Crippen LogP contribution is -2.42. The average molecular weight is 452 g/mol. The van der Waals surface area contributed by atoms with Gasteiger partial charge < -0.3 is 9.64 Å². The van der Waals surface area contributed by atoms with Crippen LogP contribution in [-0.4, -0.2) is 56.4 Å². The fourth-order valence-electron chi connectivity index (χ4n) is 5.48. The van der Waals surface area contributed by atoms with Crippen molar-refractivity contribution in [2.75, 3.05) is 26.3 Å². The van der Waals surface area contributed by atoms with Crippen LogP contribution in [0.5, 0.6) is 0 Å². The van der Waals surface area contributed by atoms with Crippen LogP contribution in [0.2, 0.25) is 0 Å². The Morgan fingerprint density at radius 3 is 2.76 bits per heavy atom. The number of piperidine rings is 1. The van der Waals surface area contributed by atoms with Crippen LogP contribution < -0.4 is 11.2 Å². The molecule has 8 nitrogen and oxygen atoms in total. The topological polar surface area (TPSA) is 84.6 Å². The maximum atomic E-state index is 12.3. The molecule has 3 aromatic heterocycles. The van der Waals surface area contributed by atoms with Crippen LogP contribution in [0.4, 0.5) is 0 Å². The largest absolute Gasteiger partial charge is 0.381 e. The summed E-state index contributed by atoms with van der Waals surface area (Å²) in [5, 5.41) is 4.38. The Labute approximate surface area is 193 Å². The molecule has 2 saturated heterocycles. The molecule has 0 amide bonds. The van der Waals surface area contributed by atoms with Gasteiger partial charge in [-0.25, -0.2) is 9.31 Å². The maximum absolute atomic E-state index is 12.3. The second-order valence-corrected chi connectivity index (χ2v) is 9.70. The lowest BCUT2D eigenvalue weighted by atomic mass is 9.86. The van der Waals surface area contributed by atoms with E-state index in [1.165, 1.54) is 67.6 Å². The highest BCUT2D eigenvalue weighted by Gasteiger charge is 2.26. The van der Waals surface area contributed by atoms with Crippen molar-refractivity contribution in [1.82, 2.24) is 24.1 Å². The molecule has 0 saturated carbocycles. The van der Waals surface area contributed by atoms with Gasteiger partial charge >= 0.3 is 5.69 Å². The van der Waals surface area contributed by atoms with Gasteiger partial charge in [0.25, 0.3) is 5.56 Å². The summed E-state index contributed by atoms with van der Waals surface area (Å²) in [6, 6.07) is 6.22. The first kappa shape index (κ1) is 22.1. The summed E-state index contributed by atoms with van der Waals surface area (Å²) in [4.78, 5) is 28.7. The second-order valence-electron chi connectivity index (χ2n) is 9.70. The number of hydrogen-bond acceptors (Lipinski definition) is 5. The predicted octanol–water partition coefficient (Wildman–Crippen LogP) is 2.63. The first-order chi connectivity index (χ1) is 16.1. The summed E-state index contributed by atoms with van der Waals surface area (Å²) in [5.74, 6) is 1.49. The van der Waals surface area contributed by atoms with Gasteiger partial charge in [0, 0.05) is 37.7 Å². The molecule has 3 aromatic rings. The summed E-state index contributed by atoms with van der Waals surface area (Å²) in [7, 11) is 0. The zero-order chi connectivity index (χ0) is 22.8. The van der Waals surface area contributed by atoms with Crippen LogP contribution in [0.15, 0.2) is 46.4 Å². The number of rotatable bonds is 6. The SMILES string of the molecule is C[C@H]1C[C@H](Cc2ccn3ncc(-n4ccc(=O)[nH]c4=O)c3c2)CCN1CCC1CCOCC1. The van der Waals surface area contributed by atoms with E-state index in [9.17, 15) is 9.59 Å². The normalized spacial score (nSPS) is 22.7. The van der Waals surface area contributed by atoms with E-state index in [1.807, 2.05) is 6.20 Å². The Morgan fingerprint density at radius 1 is 1.12 bits per heavy atom. The molecule has 0 aromatic carbocycles. The molecule has 2 atom stereocenters. The first-order valence-electron chi connectivity index (χ1n) is 12.2. The van der Waals surface area contributed by atoms with Crippen molar-refractivity contribution in [3.63, 3.8) is 0 Å². The van der Waals surface area contributed by atoms with Crippen molar-refractivity contribution < 1.29 is 4.74 Å². The Kier molecular flexibility index (Phi) is 6.46. The zero-order valence-electron chi connectivity index (χ0n) is 19.3. The second kappa shape index (κ2) is 9.65. The van der Waals surface area contributed by atoms with Crippen molar-refractivity contribution in [2.45, 2.75) is 51.5 Å². The number of hydrogen-bond donors (Lipinski definition) is 1. The Balaban J connectivity index is 1.24. The van der Waals surface area contributed by atoms with Gasteiger partial charge in [0.15, 0.2) is 0 Å². The minimum atomic E-state index is -0.454. The minimum Gasteiger partial charge on any atom is -0.381 e. The molecule has 2 aliphatic rings. The quantitative estimate of drug-likeness (QED) is 0.623. The van der Waals surface area contributed by atoms with E-state index in [1.54, 1.807) is 10.7 Å². The molecule has 8 heteroatoms. The molecule has 1 N–H and O–H groups in total. The number of nitrogens with one attached hydrogen (secondary N) is 1. The third kappa shape index (κ3) is 4.96. The van der Waals surface area contributed by atoms with Gasteiger partial charge in [-0.1, -0.05) is 0 Å². The van der Waals surface area contributed by atoms with E-state index in [-0.39, 0.29) is 0 Å². The summed E-state index contributed by atoms with van der Waals surface area (Å²) in [6.07, 6.45) is 12.3. The van der Waals surface area contributed by atoms with Crippen molar-refractivity contribution in [2.24, 2.45) is 11.8 Å². The van der Waals surface area contributed by atoms with Crippen molar-refractivity contribution in [3.05, 3.63) is 63.2 Å². The number of H-pyrrole nitrogens is 1. The molecule has 0 aliphatic carbocycles. The van der Waals surface area contributed by atoms with Gasteiger partial charge in [-0.3, -0.25) is 14.3 Å². The van der Waals surface area contributed by atoms with Crippen LogP contribution in [0.25, 0.3) is 11.2 Å². The number of likely N-dealkylation sites (tertiary alicyclic amines) is 1. The van der Waals surface area contributed by atoms with Crippen LogP contribution >= 0.6 is 0 Å². The Hall–Kier alpha value is -2.71. The molecule has 176 valence electrons. The Bertz CT molecular complexity index is 1210. The molecule has 0 radical (unpaired) electrons. The highest BCUT2D eigenvalue weighted by Crippen LogP contribution is 2.28. The number of fused-ring (bicyclic) bond motifs is 1. The smallest absolute Gasteiger partial charge is 0.333 e. The third-order valence-electron chi connectivity index (χ3n) is 7.46. The van der Waals surface area contributed by atoms with Gasteiger partial charge in [-0.15, -0.1) is 0 Å². The fourth-order valence-corrected chi connectivity index (χ4v) is 5.48. The van der Waals surface area contributed by atoms with E-state index in [0.29, 0.717) is 17.6 Å². The van der Waals surface area contributed by atoms with E-state index in [0.717, 1.165) is 31.1 Å². The summed E-state index contributed by atoms with van der Waals surface area (Å²) in [5.41, 5.74) is 1.94. The maximum Gasteiger partial charge on any atom is 0.333 e. The average Bonchev–Trinajstić information content (AvgIpc) is 3.22. The van der Waals surface area contributed by atoms with E-state index < -0.39 is 11.2 Å². The third-order valence-corrected chi connectivity index (χ3v) is 7.46. The summed E-state index contributed by atoms with van der Waals surface area (Å²) < 4.78 is 8.71. The number of aromatic nitrogens is 4. The van der Waals surface area contributed by atoms with Crippen molar-refractivity contribution >= 4 is 5.52 Å². The standard InChI is InChI=1S/C25H33N5O3/c1-18-14-20(3-9-28(18)8-2-19-6-12-33-13-7-19)15-21-4-11-30-22(16-21)23(17-26-30)29-10-5-24(31)27-25(29)32/h4-5,10-11,16-20H,2-3,6-9,12-15H2,1H3,(H,27,31,32)/t18-,20+/m0/s1. The summed E-state index contributed by atoms with van der Waals surface area (Å²) in [6.45, 7) is 6.61. The van der Waals surface area contributed by atoms with Gasteiger partial charge in [0.2, 0.25) is 0 Å². The lowest BCUT2D eigenvalue weighted by Gasteiger charge is -2.38. The van der Waals surface area contributed by atoms with Crippen molar-refractivity contribution in [1.29, 1.82) is 0 Å². The summed E-state index contributed by atoms with van der Waals surface area (Å²) >= 11 is 0. The van der Waals surface area contributed by atoms with Gasteiger partial charge in [-0.05, 0) is 88.1 Å². The molecule has 33 heavy (non-hydrogen) atoms. The van der Waals surface area contributed by atoms with Crippen molar-refractivity contribution in [3.8, 4) is 5.69 Å². The predicted molar refractivity (Wildman–Crippen MR) is 127 cm³/mol. The van der Waals surface area contributed by atoms with Crippen LogP contribution in [0, 0.1) is 11.8 Å². The molecular formula is C25H33N5O3. The monoisotopic (exact) mass is 451 g/mol. The molecule has 5 heterocycles. The van der Waals surface area contributed by atoms with Gasteiger partial charge in [-0.2, -0.15) is 5.10 Å². The highest BCUT2D eigenvalue weighted by atomic mass is 16.5. The molecule has 2 fully saturated rings. The van der Waals surface area contributed by atoms with Crippen LogP contribution in [-0.2, 0) is 11.2 Å². The van der Waals surface area contributed by atoms with Gasteiger partial charge in [0.05, 0.1) is 17.4 Å². The number of ether oxygens (including phenoxy) is 1. The van der Waals surface area contributed by atoms with Crippen LogP contribution in [0.3, 0.4) is 0 Å². The van der Waals surface area contributed by atoms with E-state index in [2.05, 4.69) is 34.0 Å². The molecule has 0 spiro atoms. The molecular weight excluding hydrogens is 418 g/mol. The highest BCUT2D eigenvalue weighted by molar-refractivity contribution is 5.64. The van der Waals surface area contributed by atoms with E-state index in [4.69, 9.17) is 4.74 Å². The minimum absolute atomic E-state index is 0.401. The van der Waals surface area contributed by atoms with Crippen LogP contribution in [0.1, 0.15) is 44.6 Å². The zero-order valence-corrected chi connectivity index (χ0v) is 19.3. The first-order valence-corrected chi connectivity index (χ1v) is 12.2.